The van der Waals surface area contributed by atoms with Gasteiger partial charge in [-0.15, -0.1) is 0 Å². The van der Waals surface area contributed by atoms with Crippen LogP contribution in [0, 0.1) is 11.3 Å². The SMILES string of the molecule is CC1(C)C[C@@H]1C(=O)O. The van der Waals surface area contributed by atoms with Gasteiger partial charge in [-0.1, -0.05) is 13.8 Å². The number of hydrogen-bond acceptors (Lipinski definition) is 1. The Hall–Kier alpha value is -0.530. The number of hydrogen-bond donors (Lipinski definition) is 1. The van der Waals surface area contributed by atoms with E-state index in [1.54, 1.807) is 0 Å². The van der Waals surface area contributed by atoms with Crippen molar-refractivity contribution in [2.24, 2.45) is 11.3 Å². The Morgan fingerprint density at radius 3 is 2.12 bits per heavy atom. The van der Waals surface area contributed by atoms with Gasteiger partial charge in [0.05, 0.1) is 5.92 Å². The molecule has 2 nitrogen and oxygen atoms in total. The molecule has 46 valence electrons. The maximum atomic E-state index is 10.2. The molecule has 0 aliphatic heterocycles. The molecule has 0 aromatic carbocycles. The second kappa shape index (κ2) is 1.24. The molecule has 1 rings (SSSR count). The van der Waals surface area contributed by atoms with E-state index in [4.69, 9.17) is 5.11 Å². The van der Waals surface area contributed by atoms with Gasteiger partial charge in [0.2, 0.25) is 0 Å². The van der Waals surface area contributed by atoms with Gasteiger partial charge in [0, 0.05) is 0 Å². The van der Waals surface area contributed by atoms with Gasteiger partial charge in [-0.3, -0.25) is 4.79 Å². The molecule has 1 N–H and O–H groups in total. The molecule has 1 fully saturated rings. The summed E-state index contributed by atoms with van der Waals surface area (Å²) in [7, 11) is 0. The normalized spacial score (nSPS) is 32.0. The molecule has 0 unspecified atom stereocenters. The van der Waals surface area contributed by atoms with Crippen LogP contribution in [0.2, 0.25) is 0 Å². The molecule has 2 heteroatoms. The maximum Gasteiger partial charge on any atom is 0.307 e. The van der Waals surface area contributed by atoms with E-state index in [1.807, 2.05) is 13.8 Å². The lowest BCUT2D eigenvalue weighted by atomic mass is 10.1. The molecule has 0 aromatic heterocycles. The first-order valence-corrected chi connectivity index (χ1v) is 2.77. The highest BCUT2D eigenvalue weighted by Gasteiger charge is 2.50. The van der Waals surface area contributed by atoms with Gasteiger partial charge in [-0.05, 0) is 11.8 Å². The Bertz CT molecular complexity index is 126. The molecular weight excluding hydrogens is 104 g/mol. The molecule has 1 saturated carbocycles. The second-order valence-electron chi connectivity index (χ2n) is 3.08. The third-order valence-corrected chi connectivity index (χ3v) is 1.81. The quantitative estimate of drug-likeness (QED) is 0.554. The number of aliphatic carboxylic acids is 1. The Morgan fingerprint density at radius 2 is 2.12 bits per heavy atom. The van der Waals surface area contributed by atoms with Crippen LogP contribution in [0.4, 0.5) is 0 Å². The van der Waals surface area contributed by atoms with Gasteiger partial charge in [-0.25, -0.2) is 0 Å². The fourth-order valence-corrected chi connectivity index (χ4v) is 0.889. The fourth-order valence-electron chi connectivity index (χ4n) is 0.889. The van der Waals surface area contributed by atoms with Crippen molar-refractivity contribution in [3.05, 3.63) is 0 Å². The number of carboxylic acid groups (broad SMARTS) is 1. The average Bonchev–Trinajstić information content (AvgIpc) is 2.13. The van der Waals surface area contributed by atoms with Crippen LogP contribution in [0.25, 0.3) is 0 Å². The molecule has 0 amide bonds. The molecule has 0 aromatic rings. The van der Waals surface area contributed by atoms with Gasteiger partial charge in [-0.2, -0.15) is 0 Å². The van der Waals surface area contributed by atoms with Crippen molar-refractivity contribution < 1.29 is 9.90 Å². The molecule has 1 aliphatic carbocycles. The standard InChI is InChI=1S/C6H10O2/c1-6(2)3-4(6)5(7)8/h4H,3H2,1-2H3,(H,7,8)/t4-/m1/s1. The van der Waals surface area contributed by atoms with Crippen molar-refractivity contribution >= 4 is 5.97 Å². The van der Waals surface area contributed by atoms with E-state index in [0.29, 0.717) is 0 Å². The van der Waals surface area contributed by atoms with Crippen molar-refractivity contribution in [3.63, 3.8) is 0 Å². The van der Waals surface area contributed by atoms with Gasteiger partial charge in [0.15, 0.2) is 0 Å². The topological polar surface area (TPSA) is 37.3 Å². The summed E-state index contributed by atoms with van der Waals surface area (Å²) in [5, 5.41) is 8.39. The van der Waals surface area contributed by atoms with Crippen molar-refractivity contribution in [2.45, 2.75) is 20.3 Å². The fraction of sp³-hybridized carbons (Fsp3) is 0.833. The van der Waals surface area contributed by atoms with E-state index in [2.05, 4.69) is 0 Å². The molecule has 0 bridgehead atoms. The summed E-state index contributed by atoms with van der Waals surface area (Å²) >= 11 is 0. The summed E-state index contributed by atoms with van der Waals surface area (Å²) in [6.07, 6.45) is 0.850. The monoisotopic (exact) mass is 114 g/mol. The molecule has 0 radical (unpaired) electrons. The summed E-state index contributed by atoms with van der Waals surface area (Å²) in [5.41, 5.74) is 0.0891. The van der Waals surface area contributed by atoms with Gasteiger partial charge in [0.25, 0.3) is 0 Å². The highest BCUT2D eigenvalue weighted by molar-refractivity contribution is 5.74. The Kier molecular flexibility index (Phi) is 0.872. The number of carboxylic acids is 1. The third kappa shape index (κ3) is 0.703. The number of rotatable bonds is 1. The van der Waals surface area contributed by atoms with Crippen LogP contribution in [-0.4, -0.2) is 11.1 Å². The van der Waals surface area contributed by atoms with E-state index >= 15 is 0 Å². The Morgan fingerprint density at radius 1 is 1.75 bits per heavy atom. The van der Waals surface area contributed by atoms with E-state index in [1.165, 1.54) is 0 Å². The van der Waals surface area contributed by atoms with Crippen LogP contribution in [0.1, 0.15) is 20.3 Å². The summed E-state index contributed by atoms with van der Waals surface area (Å²) < 4.78 is 0. The van der Waals surface area contributed by atoms with E-state index in [9.17, 15) is 4.79 Å². The summed E-state index contributed by atoms with van der Waals surface area (Å²) in [6, 6.07) is 0. The lowest BCUT2D eigenvalue weighted by molar-refractivity contribution is -0.139. The van der Waals surface area contributed by atoms with Gasteiger partial charge in [0.1, 0.15) is 0 Å². The van der Waals surface area contributed by atoms with E-state index in [-0.39, 0.29) is 11.3 Å². The first kappa shape index (κ1) is 5.60. The third-order valence-electron chi connectivity index (χ3n) is 1.81. The van der Waals surface area contributed by atoms with Crippen LogP contribution in [0.5, 0.6) is 0 Å². The van der Waals surface area contributed by atoms with Crippen molar-refractivity contribution in [1.29, 1.82) is 0 Å². The molecule has 8 heavy (non-hydrogen) atoms. The summed E-state index contributed by atoms with van der Waals surface area (Å²) in [6.45, 7) is 3.96. The highest BCUT2D eigenvalue weighted by atomic mass is 16.4. The van der Waals surface area contributed by atoms with Crippen LogP contribution < -0.4 is 0 Å². The Labute approximate surface area is 48.5 Å². The lowest BCUT2D eigenvalue weighted by Crippen LogP contribution is -2.02. The molecular formula is C6H10O2. The minimum Gasteiger partial charge on any atom is -0.481 e. The molecule has 1 aliphatic rings. The van der Waals surface area contributed by atoms with Crippen molar-refractivity contribution in [3.8, 4) is 0 Å². The summed E-state index contributed by atoms with van der Waals surface area (Å²) in [4.78, 5) is 10.2. The van der Waals surface area contributed by atoms with Crippen LogP contribution in [0.15, 0.2) is 0 Å². The van der Waals surface area contributed by atoms with E-state index in [0.717, 1.165) is 6.42 Å². The van der Waals surface area contributed by atoms with Crippen LogP contribution in [-0.2, 0) is 4.79 Å². The van der Waals surface area contributed by atoms with Gasteiger partial charge < -0.3 is 5.11 Å². The first-order chi connectivity index (χ1) is 3.54. The smallest absolute Gasteiger partial charge is 0.307 e. The minimum atomic E-state index is -0.644. The first-order valence-electron chi connectivity index (χ1n) is 2.77. The Balaban J connectivity index is 2.48. The van der Waals surface area contributed by atoms with Gasteiger partial charge >= 0.3 is 5.97 Å². The van der Waals surface area contributed by atoms with Crippen molar-refractivity contribution in [1.82, 2.24) is 0 Å². The number of carbonyl (C=O) groups is 1. The largest absolute Gasteiger partial charge is 0.481 e. The summed E-state index contributed by atoms with van der Waals surface area (Å²) in [5.74, 6) is -0.711. The predicted molar refractivity (Wildman–Crippen MR) is 29.5 cm³/mol. The molecule has 0 heterocycles. The van der Waals surface area contributed by atoms with Crippen molar-refractivity contribution in [2.75, 3.05) is 0 Å². The predicted octanol–water partition coefficient (Wildman–Crippen LogP) is 1.12. The van der Waals surface area contributed by atoms with Crippen LogP contribution >= 0.6 is 0 Å². The van der Waals surface area contributed by atoms with Crippen LogP contribution in [0.3, 0.4) is 0 Å². The molecule has 0 spiro atoms. The maximum absolute atomic E-state index is 10.2. The second-order valence-corrected chi connectivity index (χ2v) is 3.08. The molecule has 0 saturated heterocycles. The zero-order valence-electron chi connectivity index (χ0n) is 5.14. The average molecular weight is 114 g/mol. The zero-order chi connectivity index (χ0) is 6.36. The van der Waals surface area contributed by atoms with E-state index < -0.39 is 5.97 Å². The molecule has 1 atom stereocenters. The minimum absolute atomic E-state index is 0.0671. The lowest BCUT2D eigenvalue weighted by Gasteiger charge is -1.94. The zero-order valence-corrected chi connectivity index (χ0v) is 5.14. The highest BCUT2D eigenvalue weighted by Crippen LogP contribution is 2.51.